The number of aryl methyl sites for hydroxylation is 3. The predicted octanol–water partition coefficient (Wildman–Crippen LogP) is 2.73. The molecule has 1 fully saturated rings. The Hall–Kier alpha value is -2.25. The maximum absolute atomic E-state index is 12.8. The van der Waals surface area contributed by atoms with Crippen molar-refractivity contribution in [2.24, 2.45) is 0 Å². The van der Waals surface area contributed by atoms with E-state index in [4.69, 9.17) is 0 Å². The lowest BCUT2D eigenvalue weighted by atomic mass is 10.1. The molecule has 0 aliphatic carbocycles. The molecule has 6 nitrogen and oxygen atoms in total. The summed E-state index contributed by atoms with van der Waals surface area (Å²) in [6.07, 6.45) is 0. The van der Waals surface area contributed by atoms with Gasteiger partial charge >= 0.3 is 0 Å². The van der Waals surface area contributed by atoms with Crippen LogP contribution in [0.4, 0.5) is 0 Å². The van der Waals surface area contributed by atoms with Gasteiger partial charge in [-0.3, -0.25) is 14.5 Å². The molecular weight excluding hydrogens is 372 g/mol. The molecule has 150 valence electrons. The Morgan fingerprint density at radius 1 is 1.04 bits per heavy atom. The third-order valence-corrected chi connectivity index (χ3v) is 6.06. The predicted molar refractivity (Wildman–Crippen MR) is 112 cm³/mol. The molecular formula is C21H28N4O2S. The van der Waals surface area contributed by atoms with Crippen LogP contribution >= 0.6 is 11.3 Å². The molecule has 2 amide bonds. The van der Waals surface area contributed by atoms with E-state index in [1.807, 2.05) is 37.8 Å². The van der Waals surface area contributed by atoms with E-state index in [-0.39, 0.29) is 11.8 Å². The number of carbonyl (C=O) groups is 2. The van der Waals surface area contributed by atoms with Crippen molar-refractivity contribution in [3.05, 3.63) is 50.5 Å². The number of rotatable bonds is 4. The van der Waals surface area contributed by atoms with Crippen molar-refractivity contribution in [2.45, 2.75) is 27.3 Å². The first-order valence-corrected chi connectivity index (χ1v) is 10.3. The lowest BCUT2D eigenvalue weighted by Crippen LogP contribution is -2.48. The third kappa shape index (κ3) is 4.59. The van der Waals surface area contributed by atoms with Gasteiger partial charge < -0.3 is 9.80 Å². The Labute approximate surface area is 170 Å². The van der Waals surface area contributed by atoms with E-state index < -0.39 is 0 Å². The topological polar surface area (TPSA) is 56.8 Å². The van der Waals surface area contributed by atoms with Crippen LogP contribution in [0.15, 0.2) is 18.2 Å². The van der Waals surface area contributed by atoms with Gasteiger partial charge in [0.05, 0.1) is 12.2 Å². The Morgan fingerprint density at radius 2 is 1.64 bits per heavy atom. The fraction of sp³-hybridized carbons (Fsp3) is 0.476. The van der Waals surface area contributed by atoms with Crippen molar-refractivity contribution in [2.75, 3.05) is 40.3 Å². The van der Waals surface area contributed by atoms with E-state index in [2.05, 4.69) is 16.0 Å². The molecule has 2 aromatic rings. The molecule has 1 aromatic carbocycles. The number of thiazole rings is 1. The van der Waals surface area contributed by atoms with Crippen molar-refractivity contribution in [3.63, 3.8) is 0 Å². The Bertz CT molecular complexity index is 862. The van der Waals surface area contributed by atoms with E-state index in [1.54, 1.807) is 19.0 Å². The summed E-state index contributed by atoms with van der Waals surface area (Å²) < 4.78 is 0. The maximum atomic E-state index is 12.8. The van der Waals surface area contributed by atoms with Gasteiger partial charge in [-0.2, -0.15) is 0 Å². The molecule has 7 heteroatoms. The second-order valence-corrected chi connectivity index (χ2v) is 8.75. The molecule has 3 rings (SSSR count). The van der Waals surface area contributed by atoms with Crippen LogP contribution in [0.3, 0.4) is 0 Å². The molecule has 0 saturated carbocycles. The van der Waals surface area contributed by atoms with Crippen LogP contribution < -0.4 is 0 Å². The fourth-order valence-corrected chi connectivity index (χ4v) is 4.63. The second kappa shape index (κ2) is 8.41. The van der Waals surface area contributed by atoms with Crippen LogP contribution in [0.1, 0.15) is 41.9 Å². The number of aromatic nitrogens is 1. The zero-order chi connectivity index (χ0) is 20.4. The molecule has 0 unspecified atom stereocenters. The van der Waals surface area contributed by atoms with Gasteiger partial charge in [0.2, 0.25) is 0 Å². The van der Waals surface area contributed by atoms with Gasteiger partial charge in [-0.1, -0.05) is 17.2 Å². The van der Waals surface area contributed by atoms with Crippen molar-refractivity contribution >= 4 is 23.2 Å². The minimum absolute atomic E-state index is 0.00474. The van der Waals surface area contributed by atoms with E-state index in [0.29, 0.717) is 18.0 Å². The third-order valence-electron chi connectivity index (χ3n) is 4.93. The zero-order valence-corrected chi connectivity index (χ0v) is 18.1. The highest BCUT2D eigenvalue weighted by Crippen LogP contribution is 2.21. The quantitative estimate of drug-likeness (QED) is 0.792. The van der Waals surface area contributed by atoms with Gasteiger partial charge in [0.15, 0.2) is 0 Å². The van der Waals surface area contributed by atoms with Gasteiger partial charge in [0.25, 0.3) is 11.8 Å². The van der Waals surface area contributed by atoms with Gasteiger partial charge in [-0.25, -0.2) is 4.98 Å². The molecule has 28 heavy (non-hydrogen) atoms. The van der Waals surface area contributed by atoms with Gasteiger partial charge in [0.1, 0.15) is 9.88 Å². The van der Waals surface area contributed by atoms with Crippen LogP contribution in [-0.2, 0) is 6.54 Å². The summed E-state index contributed by atoms with van der Waals surface area (Å²) in [7, 11) is 3.51. The molecule has 1 aliphatic rings. The molecule has 0 spiro atoms. The second-order valence-electron chi connectivity index (χ2n) is 7.67. The summed E-state index contributed by atoms with van der Waals surface area (Å²) in [5, 5.41) is 0.955. The number of hydrogen-bond acceptors (Lipinski definition) is 5. The van der Waals surface area contributed by atoms with Gasteiger partial charge in [-0.05, 0) is 32.9 Å². The molecule has 1 saturated heterocycles. The number of carbonyl (C=O) groups excluding carboxylic acids is 2. The monoisotopic (exact) mass is 400 g/mol. The molecule has 0 radical (unpaired) electrons. The van der Waals surface area contributed by atoms with E-state index in [0.717, 1.165) is 47.0 Å². The Morgan fingerprint density at radius 3 is 2.21 bits per heavy atom. The van der Waals surface area contributed by atoms with Crippen molar-refractivity contribution in [1.29, 1.82) is 0 Å². The smallest absolute Gasteiger partial charge is 0.265 e. The van der Waals surface area contributed by atoms with Crippen LogP contribution in [0.25, 0.3) is 0 Å². The van der Waals surface area contributed by atoms with Crippen LogP contribution in [-0.4, -0.2) is 71.8 Å². The van der Waals surface area contributed by atoms with E-state index in [1.165, 1.54) is 11.3 Å². The number of piperazine rings is 1. The highest BCUT2D eigenvalue weighted by molar-refractivity contribution is 7.13. The summed E-state index contributed by atoms with van der Waals surface area (Å²) in [5.74, 6) is 0.112. The maximum Gasteiger partial charge on any atom is 0.265 e. The fourth-order valence-electron chi connectivity index (χ4n) is 3.50. The van der Waals surface area contributed by atoms with Crippen LogP contribution in [0.5, 0.6) is 0 Å². The minimum Gasteiger partial charge on any atom is -0.344 e. The lowest BCUT2D eigenvalue weighted by Gasteiger charge is -2.34. The van der Waals surface area contributed by atoms with E-state index >= 15 is 0 Å². The lowest BCUT2D eigenvalue weighted by molar-refractivity contribution is 0.0628. The largest absolute Gasteiger partial charge is 0.344 e. The normalized spacial score (nSPS) is 15.0. The van der Waals surface area contributed by atoms with Gasteiger partial charge in [0, 0.05) is 45.8 Å². The average Bonchev–Trinajstić information content (AvgIpc) is 3.00. The van der Waals surface area contributed by atoms with Crippen LogP contribution in [0, 0.1) is 20.8 Å². The van der Waals surface area contributed by atoms with E-state index in [9.17, 15) is 9.59 Å². The highest BCUT2D eigenvalue weighted by atomic mass is 32.1. The molecule has 1 aromatic heterocycles. The summed E-state index contributed by atoms with van der Waals surface area (Å²) in [6.45, 7) is 9.69. The molecule has 0 N–H and O–H groups in total. The SMILES string of the molecule is Cc1cc(C)cc(C(=O)N2CCN(Cc3nc(C)c(C(=O)N(C)C)s3)CC2)c1. The highest BCUT2D eigenvalue weighted by Gasteiger charge is 2.24. The summed E-state index contributed by atoms with van der Waals surface area (Å²) >= 11 is 1.47. The molecule has 1 aliphatic heterocycles. The first-order valence-electron chi connectivity index (χ1n) is 9.52. The average molecular weight is 401 g/mol. The number of amides is 2. The molecule has 2 heterocycles. The van der Waals surface area contributed by atoms with Crippen molar-refractivity contribution < 1.29 is 9.59 Å². The molecule has 0 bridgehead atoms. The number of nitrogens with zero attached hydrogens (tertiary/aromatic N) is 4. The standard InChI is InChI=1S/C21H28N4O2S/c1-14-10-15(2)12-17(11-14)20(26)25-8-6-24(7-9-25)13-18-22-16(3)19(28-18)21(27)23(4)5/h10-12H,6-9,13H2,1-5H3. The summed E-state index contributed by atoms with van der Waals surface area (Å²) in [4.78, 5) is 36.1. The van der Waals surface area contributed by atoms with Crippen LogP contribution in [0.2, 0.25) is 0 Å². The summed E-state index contributed by atoms with van der Waals surface area (Å²) in [5.41, 5.74) is 3.80. The Balaban J connectivity index is 1.59. The summed E-state index contributed by atoms with van der Waals surface area (Å²) in [6, 6.07) is 6.01. The number of hydrogen-bond donors (Lipinski definition) is 0. The van der Waals surface area contributed by atoms with Crippen molar-refractivity contribution in [1.82, 2.24) is 19.7 Å². The Kier molecular flexibility index (Phi) is 6.15. The minimum atomic E-state index is 0.00474. The first kappa shape index (κ1) is 20.5. The number of benzene rings is 1. The zero-order valence-electron chi connectivity index (χ0n) is 17.3. The molecule has 0 atom stereocenters. The first-order chi connectivity index (χ1) is 13.2. The van der Waals surface area contributed by atoms with Crippen molar-refractivity contribution in [3.8, 4) is 0 Å². The van der Waals surface area contributed by atoms with Gasteiger partial charge in [-0.15, -0.1) is 11.3 Å².